The highest BCUT2D eigenvalue weighted by Crippen LogP contribution is 2.38. The Kier molecular flexibility index (Phi) is 7.77. The molecule has 0 spiro atoms. The van der Waals surface area contributed by atoms with Crippen molar-refractivity contribution < 1.29 is 19.4 Å². The monoisotopic (exact) mass is 511 g/mol. The van der Waals surface area contributed by atoms with Gasteiger partial charge < -0.3 is 25.6 Å². The number of carboxylic acids is 1. The van der Waals surface area contributed by atoms with E-state index >= 15 is 0 Å². The van der Waals surface area contributed by atoms with Crippen molar-refractivity contribution in [2.45, 2.75) is 13.8 Å². The number of aryl methyl sites for hydroxylation is 1. The van der Waals surface area contributed by atoms with E-state index in [4.69, 9.17) is 20.3 Å². The average molecular weight is 512 g/mol. The van der Waals surface area contributed by atoms with Gasteiger partial charge in [0.2, 0.25) is 0 Å². The van der Waals surface area contributed by atoms with Gasteiger partial charge in [-0.05, 0) is 67.5 Å². The summed E-state index contributed by atoms with van der Waals surface area (Å²) in [6, 6.07) is 12.4. The molecule has 4 N–H and O–H groups in total. The van der Waals surface area contributed by atoms with Crippen molar-refractivity contribution in [1.82, 2.24) is 9.78 Å². The van der Waals surface area contributed by atoms with E-state index in [1.807, 2.05) is 56.3 Å². The lowest BCUT2D eigenvalue weighted by molar-refractivity contribution is 0.0697. The van der Waals surface area contributed by atoms with Crippen molar-refractivity contribution in [2.24, 2.45) is 10.7 Å². The number of carboxylic acid groups (broad SMARTS) is 1. The normalized spacial score (nSPS) is 14.1. The molecule has 3 aromatic rings. The largest absolute Gasteiger partial charge is 0.497 e. The number of carbonyl (C=O) groups is 1. The summed E-state index contributed by atoms with van der Waals surface area (Å²) < 4.78 is 12.8. The van der Waals surface area contributed by atoms with E-state index in [-0.39, 0.29) is 5.56 Å². The summed E-state index contributed by atoms with van der Waals surface area (Å²) in [6.07, 6.45) is 8.53. The highest BCUT2D eigenvalue weighted by Gasteiger charge is 2.24. The molecular formula is C29H29N5O4. The Morgan fingerprint density at radius 2 is 2.05 bits per heavy atom. The molecule has 0 unspecified atom stereocenters. The van der Waals surface area contributed by atoms with E-state index in [9.17, 15) is 9.90 Å². The van der Waals surface area contributed by atoms with Gasteiger partial charge in [-0.25, -0.2) is 9.48 Å². The molecule has 1 aromatic heterocycles. The predicted molar refractivity (Wildman–Crippen MR) is 150 cm³/mol. The molecule has 4 rings (SSSR count). The van der Waals surface area contributed by atoms with E-state index in [0.29, 0.717) is 46.6 Å². The molecule has 1 heterocycles. The van der Waals surface area contributed by atoms with Crippen molar-refractivity contribution in [3.63, 3.8) is 0 Å². The van der Waals surface area contributed by atoms with Gasteiger partial charge in [-0.3, -0.25) is 4.99 Å². The smallest absolute Gasteiger partial charge is 0.337 e. The first kappa shape index (κ1) is 26.0. The predicted octanol–water partition coefficient (Wildman–Crippen LogP) is 5.41. The summed E-state index contributed by atoms with van der Waals surface area (Å²) in [7, 11) is 1.49. The third-order valence-electron chi connectivity index (χ3n) is 5.83. The van der Waals surface area contributed by atoms with Gasteiger partial charge in [0.05, 0.1) is 36.4 Å². The van der Waals surface area contributed by atoms with Crippen molar-refractivity contribution in [3.05, 3.63) is 102 Å². The summed E-state index contributed by atoms with van der Waals surface area (Å²) in [4.78, 5) is 16.4. The summed E-state index contributed by atoms with van der Waals surface area (Å²) in [5.74, 6) is 0.547. The second kappa shape index (κ2) is 11.3. The molecule has 2 aromatic carbocycles. The zero-order valence-electron chi connectivity index (χ0n) is 21.4. The van der Waals surface area contributed by atoms with E-state index in [1.54, 1.807) is 16.8 Å². The maximum absolute atomic E-state index is 12.1. The van der Waals surface area contributed by atoms with Crippen LogP contribution in [0, 0.1) is 6.92 Å². The van der Waals surface area contributed by atoms with Crippen LogP contribution in [0.5, 0.6) is 11.5 Å². The van der Waals surface area contributed by atoms with E-state index < -0.39 is 5.97 Å². The molecule has 0 saturated heterocycles. The quantitative estimate of drug-likeness (QED) is 0.351. The molecule has 0 radical (unpaired) electrons. The van der Waals surface area contributed by atoms with Crippen molar-refractivity contribution in [1.29, 1.82) is 0 Å². The van der Waals surface area contributed by atoms with Gasteiger partial charge in [-0.2, -0.15) is 5.10 Å². The number of methoxy groups -OCH3 is 1. The minimum absolute atomic E-state index is 0.0550. The first-order chi connectivity index (χ1) is 18.4. The molecule has 9 heteroatoms. The third kappa shape index (κ3) is 5.22. The molecule has 1 aliphatic carbocycles. The zero-order valence-corrected chi connectivity index (χ0v) is 21.4. The molecule has 0 bridgehead atoms. The zero-order chi connectivity index (χ0) is 27.2. The number of benzene rings is 2. The first-order valence-corrected chi connectivity index (χ1v) is 11.9. The number of ether oxygens (including phenoxy) is 2. The Labute approximate surface area is 220 Å². The van der Waals surface area contributed by atoms with E-state index in [2.05, 4.69) is 16.9 Å². The van der Waals surface area contributed by atoms with Crippen LogP contribution in [0.15, 0.2) is 90.2 Å². The summed E-state index contributed by atoms with van der Waals surface area (Å²) in [5.41, 5.74) is 10.3. The highest BCUT2D eigenvalue weighted by atomic mass is 16.5. The Hall–Kier alpha value is -5.05. The molecule has 0 aliphatic heterocycles. The molecule has 0 atom stereocenters. The van der Waals surface area contributed by atoms with Crippen LogP contribution in [-0.4, -0.2) is 40.3 Å². The number of para-hydroxylation sites is 2. The fraction of sp³-hybridized carbons (Fsp3) is 0.138. The maximum atomic E-state index is 12.1. The number of allylic oxidation sites excluding steroid dienone is 5. The van der Waals surface area contributed by atoms with Gasteiger partial charge in [0.15, 0.2) is 0 Å². The lowest BCUT2D eigenvalue weighted by Crippen LogP contribution is -2.09. The second-order valence-electron chi connectivity index (χ2n) is 8.28. The Morgan fingerprint density at radius 3 is 2.74 bits per heavy atom. The van der Waals surface area contributed by atoms with Crippen molar-refractivity contribution in [2.75, 3.05) is 19.0 Å². The second-order valence-corrected chi connectivity index (χ2v) is 8.28. The minimum atomic E-state index is -1.09. The topological polar surface area (TPSA) is 124 Å². The Morgan fingerprint density at radius 1 is 1.26 bits per heavy atom. The first-order valence-electron chi connectivity index (χ1n) is 11.9. The molecule has 38 heavy (non-hydrogen) atoms. The van der Waals surface area contributed by atoms with E-state index in [0.717, 1.165) is 16.8 Å². The van der Waals surface area contributed by atoms with Crippen LogP contribution in [0.2, 0.25) is 0 Å². The van der Waals surface area contributed by atoms with Gasteiger partial charge >= 0.3 is 5.97 Å². The van der Waals surface area contributed by atoms with Gasteiger partial charge in [0.25, 0.3) is 0 Å². The van der Waals surface area contributed by atoms with Gasteiger partial charge in [0.1, 0.15) is 23.0 Å². The van der Waals surface area contributed by atoms with Gasteiger partial charge in [0, 0.05) is 18.0 Å². The van der Waals surface area contributed by atoms with Crippen LogP contribution in [0.25, 0.3) is 11.3 Å². The number of nitrogens with zero attached hydrogens (tertiary/aromatic N) is 3. The van der Waals surface area contributed by atoms with Crippen LogP contribution in [0.4, 0.5) is 11.5 Å². The average Bonchev–Trinajstić information content (AvgIpc) is 3.23. The number of aromatic nitrogens is 2. The lowest BCUT2D eigenvalue weighted by Gasteiger charge is -2.18. The number of nitrogens with two attached hydrogens (primary N) is 1. The molecule has 0 saturated carbocycles. The number of hydrogen-bond donors (Lipinski definition) is 3. The van der Waals surface area contributed by atoms with Crippen LogP contribution in [0.3, 0.4) is 0 Å². The molecule has 0 fully saturated rings. The number of anilines is 2. The van der Waals surface area contributed by atoms with Crippen LogP contribution >= 0.6 is 0 Å². The fourth-order valence-electron chi connectivity index (χ4n) is 4.13. The summed E-state index contributed by atoms with van der Waals surface area (Å²) >= 11 is 0. The minimum Gasteiger partial charge on any atom is -0.497 e. The van der Waals surface area contributed by atoms with Crippen LogP contribution in [0.1, 0.15) is 28.5 Å². The summed E-state index contributed by atoms with van der Waals surface area (Å²) in [6.45, 7) is 8.41. The number of rotatable bonds is 9. The Bertz CT molecular complexity index is 1510. The van der Waals surface area contributed by atoms with E-state index in [1.165, 1.54) is 25.6 Å². The number of hydrogen-bond acceptors (Lipinski definition) is 7. The molecule has 9 nitrogen and oxygen atoms in total. The number of aliphatic imine (C=N–C) groups is 1. The van der Waals surface area contributed by atoms with Crippen LogP contribution < -0.4 is 20.5 Å². The standard InChI is InChI=1S/C29H29N5O4/c1-5-38-26-9-7-6-8-25(26)34-28(32-24-13-11-21(37-4)17-22(24)29(35)36)27(19(3)33-34)20-10-12-23(18(2)16-20)31-15-14-30/h6-17,32H,2,5,30H2,1,3-4H3,(H,35,36)/b15-14-,31-23?. The maximum Gasteiger partial charge on any atom is 0.337 e. The van der Waals surface area contributed by atoms with Gasteiger partial charge in [-0.1, -0.05) is 24.8 Å². The van der Waals surface area contributed by atoms with Crippen LogP contribution in [-0.2, 0) is 0 Å². The third-order valence-corrected chi connectivity index (χ3v) is 5.83. The molecule has 1 aliphatic rings. The molecule has 194 valence electrons. The van der Waals surface area contributed by atoms with Gasteiger partial charge in [-0.15, -0.1) is 0 Å². The fourth-order valence-corrected chi connectivity index (χ4v) is 4.13. The van der Waals surface area contributed by atoms with Crippen molar-refractivity contribution in [3.8, 4) is 17.2 Å². The van der Waals surface area contributed by atoms with Crippen molar-refractivity contribution >= 4 is 28.8 Å². The highest BCUT2D eigenvalue weighted by molar-refractivity contribution is 6.15. The Balaban J connectivity index is 1.93. The molecular weight excluding hydrogens is 482 g/mol. The summed E-state index contributed by atoms with van der Waals surface area (Å²) in [5, 5.41) is 18.1. The SMILES string of the molecule is C=C1C=C(c2c(C)nn(-c3ccccc3OCC)c2Nc2ccc(OC)cc2C(=O)O)C=CC1=N/C=C\N. The molecule has 0 amide bonds. The number of nitrogens with one attached hydrogen (secondary N) is 1. The lowest BCUT2D eigenvalue weighted by atomic mass is 9.95. The number of aromatic carboxylic acids is 1.